The largest absolute Gasteiger partial charge is 0.495 e. The molecule has 0 radical (unpaired) electrons. The summed E-state index contributed by atoms with van der Waals surface area (Å²) in [7, 11) is 0.579. The minimum absolute atomic E-state index is 0.0181. The number of aromatic nitrogens is 2. The number of urea groups is 1. The van der Waals surface area contributed by atoms with Crippen LogP contribution in [0.5, 0.6) is 5.75 Å². The van der Waals surface area contributed by atoms with E-state index in [1.54, 1.807) is 6.07 Å². The lowest BCUT2D eigenvalue weighted by Crippen LogP contribution is -2.23. The molecule has 0 fully saturated rings. The van der Waals surface area contributed by atoms with E-state index in [-0.39, 0.29) is 10.6 Å². The molecule has 0 aliphatic rings. The van der Waals surface area contributed by atoms with Crippen molar-refractivity contribution < 1.29 is 17.9 Å². The highest BCUT2D eigenvalue weighted by molar-refractivity contribution is 7.89. The number of hydrogen-bond donors (Lipinski definition) is 3. The van der Waals surface area contributed by atoms with Gasteiger partial charge in [0.25, 0.3) is 0 Å². The number of methoxy groups -OCH3 is 1. The van der Waals surface area contributed by atoms with Crippen LogP contribution in [0.1, 0.15) is 0 Å². The fourth-order valence-electron chi connectivity index (χ4n) is 1.77. The first-order valence-corrected chi connectivity index (χ1v) is 7.96. The van der Waals surface area contributed by atoms with Crippen molar-refractivity contribution >= 4 is 27.6 Å². The molecule has 124 valence electrons. The van der Waals surface area contributed by atoms with Crippen LogP contribution in [-0.2, 0) is 10.0 Å². The van der Waals surface area contributed by atoms with Gasteiger partial charge in [-0.15, -0.1) is 0 Å². The van der Waals surface area contributed by atoms with Crippen molar-refractivity contribution in [2.45, 2.75) is 4.90 Å². The van der Waals surface area contributed by atoms with Crippen LogP contribution in [0.25, 0.3) is 0 Å². The summed E-state index contributed by atoms with van der Waals surface area (Å²) in [5, 5.41) is 11.4. The summed E-state index contributed by atoms with van der Waals surface area (Å²) in [4.78, 5) is 11.9. The number of rotatable bonds is 5. The number of ether oxygens (including phenoxy) is 1. The molecule has 2 rings (SSSR count). The minimum atomic E-state index is -3.64. The lowest BCUT2D eigenvalue weighted by Gasteiger charge is -2.15. The van der Waals surface area contributed by atoms with E-state index >= 15 is 0 Å². The van der Waals surface area contributed by atoms with E-state index in [1.807, 2.05) is 0 Å². The second kappa shape index (κ2) is 6.67. The third-order valence-electron chi connectivity index (χ3n) is 2.93. The molecule has 9 nitrogen and oxygen atoms in total. The third kappa shape index (κ3) is 3.79. The van der Waals surface area contributed by atoms with Gasteiger partial charge in [-0.05, 0) is 12.1 Å². The number of anilines is 2. The molecule has 1 heterocycles. The molecular formula is C13H17N5O4S. The van der Waals surface area contributed by atoms with Crippen molar-refractivity contribution in [3.63, 3.8) is 0 Å². The number of sulfonamides is 1. The average molecular weight is 339 g/mol. The summed E-state index contributed by atoms with van der Waals surface area (Å²) in [6.07, 6.45) is 1.50. The van der Waals surface area contributed by atoms with Gasteiger partial charge in [0.2, 0.25) is 10.0 Å². The minimum Gasteiger partial charge on any atom is -0.495 e. The Labute approximate surface area is 133 Å². The predicted octanol–water partition coefficient (Wildman–Crippen LogP) is 1.31. The number of nitrogens with one attached hydrogen (secondary N) is 3. The lowest BCUT2D eigenvalue weighted by molar-refractivity contribution is 0.262. The Morgan fingerprint density at radius 1 is 1.26 bits per heavy atom. The highest BCUT2D eigenvalue weighted by Gasteiger charge is 2.22. The van der Waals surface area contributed by atoms with Crippen molar-refractivity contribution in [2.24, 2.45) is 0 Å². The van der Waals surface area contributed by atoms with Gasteiger partial charge in [-0.1, -0.05) is 0 Å². The van der Waals surface area contributed by atoms with Gasteiger partial charge in [-0.2, -0.15) is 5.10 Å². The van der Waals surface area contributed by atoms with Crippen LogP contribution in [0.3, 0.4) is 0 Å². The molecule has 1 aromatic carbocycles. The van der Waals surface area contributed by atoms with E-state index in [2.05, 4.69) is 20.8 Å². The zero-order valence-corrected chi connectivity index (χ0v) is 13.6. The number of carbonyl (C=O) groups excluding carboxylic acids is 1. The van der Waals surface area contributed by atoms with Crippen molar-refractivity contribution in [1.29, 1.82) is 0 Å². The van der Waals surface area contributed by atoms with E-state index in [1.165, 1.54) is 45.6 Å². The Morgan fingerprint density at radius 2 is 2.00 bits per heavy atom. The zero-order valence-electron chi connectivity index (χ0n) is 12.8. The Balaban J connectivity index is 2.20. The van der Waals surface area contributed by atoms with E-state index in [4.69, 9.17) is 4.74 Å². The first-order chi connectivity index (χ1) is 10.8. The molecule has 2 aromatic rings. The Kier molecular flexibility index (Phi) is 4.86. The molecule has 0 aliphatic heterocycles. The Bertz CT molecular complexity index is 787. The van der Waals surface area contributed by atoms with Crippen LogP contribution in [-0.4, -0.2) is 50.2 Å². The molecule has 0 aliphatic carbocycles. The van der Waals surface area contributed by atoms with Crippen molar-refractivity contribution in [3.8, 4) is 5.75 Å². The highest BCUT2D eigenvalue weighted by Crippen LogP contribution is 2.28. The van der Waals surface area contributed by atoms with Gasteiger partial charge in [0, 0.05) is 31.9 Å². The molecule has 0 atom stereocenters. The maximum atomic E-state index is 12.2. The second-order valence-electron chi connectivity index (χ2n) is 4.70. The number of carbonyl (C=O) groups is 1. The Hall–Kier alpha value is -2.59. The summed E-state index contributed by atoms with van der Waals surface area (Å²) in [6, 6.07) is 5.38. The van der Waals surface area contributed by atoms with Gasteiger partial charge in [-0.3, -0.25) is 10.4 Å². The van der Waals surface area contributed by atoms with Crippen LogP contribution in [0.4, 0.5) is 16.3 Å². The SMILES string of the molecule is COc1cc(NC(=O)Nc2ccn[nH]2)ccc1S(=O)(=O)N(C)C. The summed E-state index contributed by atoms with van der Waals surface area (Å²) >= 11 is 0. The molecule has 0 spiro atoms. The second-order valence-corrected chi connectivity index (χ2v) is 6.82. The molecular weight excluding hydrogens is 322 g/mol. The molecule has 23 heavy (non-hydrogen) atoms. The monoisotopic (exact) mass is 339 g/mol. The number of H-pyrrole nitrogens is 1. The smallest absolute Gasteiger partial charge is 0.324 e. The van der Waals surface area contributed by atoms with Crippen LogP contribution >= 0.6 is 0 Å². The molecule has 2 amide bonds. The summed E-state index contributed by atoms with van der Waals surface area (Å²) in [5.41, 5.74) is 0.386. The van der Waals surface area contributed by atoms with Gasteiger partial charge in [0.05, 0.1) is 13.3 Å². The number of hydrogen-bond acceptors (Lipinski definition) is 5. The van der Waals surface area contributed by atoms with E-state index in [0.29, 0.717) is 11.5 Å². The summed E-state index contributed by atoms with van der Waals surface area (Å²) in [5.74, 6) is 0.569. The van der Waals surface area contributed by atoms with Gasteiger partial charge >= 0.3 is 6.03 Å². The number of aromatic amines is 1. The predicted molar refractivity (Wildman–Crippen MR) is 85.1 cm³/mol. The molecule has 0 saturated carbocycles. The molecule has 3 N–H and O–H groups in total. The fraction of sp³-hybridized carbons (Fsp3) is 0.231. The number of nitrogens with zero attached hydrogens (tertiary/aromatic N) is 2. The quantitative estimate of drug-likeness (QED) is 0.759. The summed E-state index contributed by atoms with van der Waals surface area (Å²) < 4.78 is 30.6. The topological polar surface area (TPSA) is 116 Å². The van der Waals surface area contributed by atoms with E-state index < -0.39 is 16.1 Å². The van der Waals surface area contributed by atoms with Gasteiger partial charge in [-0.25, -0.2) is 17.5 Å². The van der Waals surface area contributed by atoms with Crippen LogP contribution in [0.15, 0.2) is 35.4 Å². The molecule has 0 unspecified atom stereocenters. The van der Waals surface area contributed by atoms with Crippen molar-refractivity contribution in [3.05, 3.63) is 30.5 Å². The van der Waals surface area contributed by atoms with E-state index in [0.717, 1.165) is 4.31 Å². The van der Waals surface area contributed by atoms with Crippen molar-refractivity contribution in [2.75, 3.05) is 31.8 Å². The zero-order chi connectivity index (χ0) is 17.0. The lowest BCUT2D eigenvalue weighted by atomic mass is 10.3. The average Bonchev–Trinajstić information content (AvgIpc) is 2.99. The standard InChI is InChI=1S/C13H17N5O4S/c1-18(2)23(20,21)11-5-4-9(8-10(11)22-3)15-13(19)16-12-6-7-14-17-12/h4-8H,1-3H3,(H3,14,15,16,17,19). The summed E-state index contributed by atoms with van der Waals surface area (Å²) in [6.45, 7) is 0. The van der Waals surface area contributed by atoms with Gasteiger partial charge < -0.3 is 10.1 Å². The molecule has 10 heteroatoms. The number of benzene rings is 1. The Morgan fingerprint density at radius 3 is 2.57 bits per heavy atom. The molecule has 0 bridgehead atoms. The first kappa shape index (κ1) is 16.8. The third-order valence-corrected chi connectivity index (χ3v) is 4.78. The number of amides is 2. The molecule has 1 aromatic heterocycles. The first-order valence-electron chi connectivity index (χ1n) is 6.52. The highest BCUT2D eigenvalue weighted by atomic mass is 32.2. The fourth-order valence-corrected chi connectivity index (χ4v) is 2.80. The van der Waals surface area contributed by atoms with Gasteiger partial charge in [0.15, 0.2) is 0 Å². The van der Waals surface area contributed by atoms with E-state index in [9.17, 15) is 13.2 Å². The maximum absolute atomic E-state index is 12.2. The van der Waals surface area contributed by atoms with Crippen LogP contribution < -0.4 is 15.4 Å². The van der Waals surface area contributed by atoms with Gasteiger partial charge in [0.1, 0.15) is 16.5 Å². The van der Waals surface area contributed by atoms with Crippen molar-refractivity contribution in [1.82, 2.24) is 14.5 Å². The normalized spacial score (nSPS) is 11.3. The van der Waals surface area contributed by atoms with Crippen LogP contribution in [0, 0.1) is 0 Å². The molecule has 0 saturated heterocycles. The van der Waals surface area contributed by atoms with Crippen LogP contribution in [0.2, 0.25) is 0 Å². The maximum Gasteiger partial charge on any atom is 0.324 e.